The van der Waals surface area contributed by atoms with Crippen LogP contribution in [0.3, 0.4) is 0 Å². The highest BCUT2D eigenvalue weighted by atomic mass is 15.1. The molecule has 0 saturated carbocycles. The Morgan fingerprint density at radius 3 is 1.49 bits per heavy atom. The predicted molar refractivity (Wildman–Crippen MR) is 290 cm³/mol. The van der Waals surface area contributed by atoms with E-state index in [1.54, 1.807) is 0 Å². The Kier molecular flexibility index (Phi) is 9.49. The Balaban J connectivity index is 1.10. The summed E-state index contributed by atoms with van der Waals surface area (Å²) in [5, 5.41) is 2.40. The topological polar surface area (TPSA) is 3.24 Å². The molecule has 0 aliphatic heterocycles. The van der Waals surface area contributed by atoms with Gasteiger partial charge in [-0.3, -0.25) is 0 Å². The lowest BCUT2D eigenvalue weighted by atomic mass is 9.67. The third-order valence-electron chi connectivity index (χ3n) is 15.2. The van der Waals surface area contributed by atoms with Crippen molar-refractivity contribution in [1.29, 1.82) is 0 Å². The van der Waals surface area contributed by atoms with E-state index in [1.165, 1.54) is 94.2 Å². The molecule has 13 rings (SSSR count). The molecule has 11 aromatic carbocycles. The third kappa shape index (κ3) is 6.24. The van der Waals surface area contributed by atoms with E-state index in [2.05, 4.69) is 280 Å². The highest BCUT2D eigenvalue weighted by molar-refractivity contribution is 6.09. The molecular weight excluding hydrogens is 831 g/mol. The Hall–Kier alpha value is -8.52. The second kappa shape index (κ2) is 16.1. The predicted octanol–water partition coefficient (Wildman–Crippen LogP) is 18.0. The number of anilines is 3. The summed E-state index contributed by atoms with van der Waals surface area (Å²) < 4.78 is 0. The van der Waals surface area contributed by atoms with Crippen molar-refractivity contribution >= 4 is 27.8 Å². The number of rotatable bonds is 8. The number of benzene rings is 11. The zero-order chi connectivity index (χ0) is 46.1. The fraction of sp³-hybridized carbons (Fsp3) is 0.0588. The first-order chi connectivity index (χ1) is 34.0. The zero-order valence-corrected chi connectivity index (χ0v) is 38.8. The zero-order valence-electron chi connectivity index (χ0n) is 38.8. The molecule has 69 heavy (non-hydrogen) atoms. The van der Waals surface area contributed by atoms with Crippen LogP contribution in [0.4, 0.5) is 17.1 Å². The van der Waals surface area contributed by atoms with Gasteiger partial charge in [0.1, 0.15) is 0 Å². The second-order valence-corrected chi connectivity index (χ2v) is 19.1. The van der Waals surface area contributed by atoms with E-state index < -0.39 is 5.41 Å². The molecule has 0 aromatic heterocycles. The van der Waals surface area contributed by atoms with Crippen LogP contribution in [0.1, 0.15) is 47.2 Å². The molecule has 326 valence electrons. The van der Waals surface area contributed by atoms with Gasteiger partial charge in [0.2, 0.25) is 0 Å². The van der Waals surface area contributed by atoms with Crippen LogP contribution in [0.5, 0.6) is 0 Å². The second-order valence-electron chi connectivity index (χ2n) is 19.1. The van der Waals surface area contributed by atoms with Gasteiger partial charge in [-0.1, -0.05) is 244 Å². The average Bonchev–Trinajstić information content (AvgIpc) is 3.84. The maximum absolute atomic E-state index is 2.55. The van der Waals surface area contributed by atoms with Gasteiger partial charge in [0.05, 0.1) is 16.8 Å². The molecule has 0 amide bonds. The van der Waals surface area contributed by atoms with Crippen molar-refractivity contribution in [2.75, 3.05) is 4.90 Å². The molecule has 2 aliphatic rings. The van der Waals surface area contributed by atoms with Crippen molar-refractivity contribution in [3.63, 3.8) is 0 Å². The summed E-state index contributed by atoms with van der Waals surface area (Å²) in [5.74, 6) is 0. The summed E-state index contributed by atoms with van der Waals surface area (Å²) in [5.41, 5.74) is 22.8. The van der Waals surface area contributed by atoms with E-state index >= 15 is 0 Å². The minimum Gasteiger partial charge on any atom is -0.309 e. The number of hydrogen-bond donors (Lipinski definition) is 0. The number of fused-ring (bicyclic) bond motifs is 7. The van der Waals surface area contributed by atoms with Crippen LogP contribution in [0.15, 0.2) is 261 Å². The van der Waals surface area contributed by atoms with Gasteiger partial charge < -0.3 is 4.90 Å². The minimum absolute atomic E-state index is 0.103. The molecule has 0 fully saturated rings. The molecule has 0 N–H and O–H groups in total. The fourth-order valence-electron chi connectivity index (χ4n) is 12.1. The summed E-state index contributed by atoms with van der Waals surface area (Å²) in [6.45, 7) is 4.74. The lowest BCUT2D eigenvalue weighted by Gasteiger charge is -2.35. The SMILES string of the molecule is CC1(C)c2ccccc2-c2ccc(-c3ccc(N(c4ccc5c(c4)C(c4ccccc4)(c4ccccc4)c4ccccc4-5)c4cccc(-c5ccccc5)c4-c4ccccc4)c4ccccc34)cc21. The highest BCUT2D eigenvalue weighted by Crippen LogP contribution is 2.58. The van der Waals surface area contributed by atoms with Crippen LogP contribution >= 0.6 is 0 Å². The maximum Gasteiger partial charge on any atom is 0.0714 e. The van der Waals surface area contributed by atoms with Gasteiger partial charge in [0.15, 0.2) is 0 Å². The number of hydrogen-bond acceptors (Lipinski definition) is 1. The van der Waals surface area contributed by atoms with E-state index in [-0.39, 0.29) is 5.41 Å². The molecule has 0 radical (unpaired) electrons. The van der Waals surface area contributed by atoms with Crippen LogP contribution in [0, 0.1) is 0 Å². The monoisotopic (exact) mass is 879 g/mol. The summed E-state index contributed by atoms with van der Waals surface area (Å²) in [6, 6.07) is 97.0. The summed E-state index contributed by atoms with van der Waals surface area (Å²) >= 11 is 0. The van der Waals surface area contributed by atoms with Crippen LogP contribution in [0.25, 0.3) is 66.4 Å². The Bertz CT molecular complexity index is 3700. The van der Waals surface area contributed by atoms with Gasteiger partial charge in [0, 0.05) is 22.1 Å². The lowest BCUT2D eigenvalue weighted by molar-refractivity contribution is 0.660. The van der Waals surface area contributed by atoms with Crippen molar-refractivity contribution in [3.05, 3.63) is 294 Å². The summed E-state index contributed by atoms with van der Waals surface area (Å²) in [4.78, 5) is 2.55. The first kappa shape index (κ1) is 40.7. The van der Waals surface area contributed by atoms with Crippen molar-refractivity contribution in [3.8, 4) is 55.6 Å². The van der Waals surface area contributed by atoms with Crippen molar-refractivity contribution in [2.45, 2.75) is 24.7 Å². The van der Waals surface area contributed by atoms with E-state index in [0.717, 1.165) is 22.6 Å². The third-order valence-corrected chi connectivity index (χ3v) is 15.2. The molecule has 1 heteroatoms. The quantitative estimate of drug-likeness (QED) is 0.147. The van der Waals surface area contributed by atoms with Crippen molar-refractivity contribution < 1.29 is 0 Å². The van der Waals surface area contributed by atoms with Gasteiger partial charge in [-0.15, -0.1) is 0 Å². The number of nitrogens with zero attached hydrogens (tertiary/aromatic N) is 1. The minimum atomic E-state index is -0.558. The van der Waals surface area contributed by atoms with Crippen LogP contribution in [-0.4, -0.2) is 0 Å². The Labute approximate surface area is 405 Å². The van der Waals surface area contributed by atoms with E-state index in [1.807, 2.05) is 0 Å². The molecule has 0 heterocycles. The van der Waals surface area contributed by atoms with Gasteiger partial charge >= 0.3 is 0 Å². The molecule has 1 nitrogen and oxygen atoms in total. The normalized spacial score (nSPS) is 13.6. The van der Waals surface area contributed by atoms with Crippen LogP contribution < -0.4 is 4.90 Å². The van der Waals surface area contributed by atoms with Gasteiger partial charge in [-0.2, -0.15) is 0 Å². The summed E-state index contributed by atoms with van der Waals surface area (Å²) in [6.07, 6.45) is 0. The summed E-state index contributed by atoms with van der Waals surface area (Å²) in [7, 11) is 0. The molecule has 0 saturated heterocycles. The molecule has 0 unspecified atom stereocenters. The first-order valence-corrected chi connectivity index (χ1v) is 24.2. The smallest absolute Gasteiger partial charge is 0.0714 e. The molecule has 0 bridgehead atoms. The Morgan fingerprint density at radius 1 is 0.290 bits per heavy atom. The molecule has 2 aliphatic carbocycles. The van der Waals surface area contributed by atoms with Crippen molar-refractivity contribution in [1.82, 2.24) is 0 Å². The van der Waals surface area contributed by atoms with E-state index in [4.69, 9.17) is 0 Å². The van der Waals surface area contributed by atoms with E-state index in [0.29, 0.717) is 0 Å². The molecular formula is C68H49N. The van der Waals surface area contributed by atoms with Crippen LogP contribution in [-0.2, 0) is 10.8 Å². The largest absolute Gasteiger partial charge is 0.309 e. The molecule has 11 aromatic rings. The van der Waals surface area contributed by atoms with Gasteiger partial charge in [0.25, 0.3) is 0 Å². The molecule has 0 atom stereocenters. The maximum atomic E-state index is 2.55. The van der Waals surface area contributed by atoms with Crippen molar-refractivity contribution in [2.24, 2.45) is 0 Å². The molecule has 0 spiro atoms. The van der Waals surface area contributed by atoms with Gasteiger partial charge in [-0.05, 0) is 119 Å². The van der Waals surface area contributed by atoms with Gasteiger partial charge in [-0.25, -0.2) is 0 Å². The Morgan fingerprint density at radius 2 is 0.797 bits per heavy atom. The van der Waals surface area contributed by atoms with Crippen LogP contribution in [0.2, 0.25) is 0 Å². The lowest BCUT2D eigenvalue weighted by Crippen LogP contribution is -2.28. The first-order valence-electron chi connectivity index (χ1n) is 24.2. The standard InChI is InChI=1S/C68H49N/c1-67(2)60-35-19-17-31-55(60)57-40-38-48(44-62(57)67)52-42-43-64(59-33-16-15-30-54(52)59)69(65-37-21-34-53(46-22-7-3-8-23-46)66(65)47-24-9-4-10-25-47)51-39-41-58-56-32-18-20-36-61(56)68(63(58)45-51,49-26-11-5-12-27-49)50-28-13-6-14-29-50/h3-45H,1-2H3. The average molecular weight is 880 g/mol. The fourth-order valence-corrected chi connectivity index (χ4v) is 12.1. The highest BCUT2D eigenvalue weighted by Gasteiger charge is 2.46. The van der Waals surface area contributed by atoms with E-state index in [9.17, 15) is 0 Å².